The van der Waals surface area contributed by atoms with Crippen molar-refractivity contribution in [1.29, 1.82) is 0 Å². The number of hydrogen-bond acceptors (Lipinski definition) is 2. The summed E-state index contributed by atoms with van der Waals surface area (Å²) >= 11 is 11.8. The third-order valence-electron chi connectivity index (χ3n) is 2.49. The second kappa shape index (κ2) is 5.42. The van der Waals surface area contributed by atoms with E-state index in [0.717, 1.165) is 0 Å². The number of ketones is 1. The molecule has 0 unspecified atom stereocenters. The van der Waals surface area contributed by atoms with Gasteiger partial charge >= 0.3 is 0 Å². The molecular formula is C14H10Cl2O2. The first-order valence-corrected chi connectivity index (χ1v) is 6.01. The van der Waals surface area contributed by atoms with Crippen LogP contribution < -0.4 is 4.74 Å². The zero-order valence-corrected chi connectivity index (χ0v) is 11.1. The Kier molecular flexibility index (Phi) is 3.90. The average molecular weight is 281 g/mol. The van der Waals surface area contributed by atoms with Gasteiger partial charge in [0.25, 0.3) is 0 Å². The van der Waals surface area contributed by atoms with E-state index in [-0.39, 0.29) is 5.78 Å². The second-order valence-electron chi connectivity index (χ2n) is 3.68. The molecule has 2 nitrogen and oxygen atoms in total. The van der Waals surface area contributed by atoms with Gasteiger partial charge in [-0.3, -0.25) is 4.79 Å². The van der Waals surface area contributed by atoms with Gasteiger partial charge in [-0.25, -0.2) is 0 Å². The quantitative estimate of drug-likeness (QED) is 0.787. The van der Waals surface area contributed by atoms with Gasteiger partial charge in [0.15, 0.2) is 5.78 Å². The highest BCUT2D eigenvalue weighted by Gasteiger charge is 2.15. The Balaban J connectivity index is 2.48. The number of carbonyl (C=O) groups is 1. The number of rotatable bonds is 3. The topological polar surface area (TPSA) is 26.3 Å². The largest absolute Gasteiger partial charge is 0.496 e. The van der Waals surface area contributed by atoms with E-state index < -0.39 is 0 Å². The molecule has 0 bridgehead atoms. The summed E-state index contributed by atoms with van der Waals surface area (Å²) in [5, 5.41) is 1.00. The van der Waals surface area contributed by atoms with Crippen LogP contribution in [-0.2, 0) is 0 Å². The van der Waals surface area contributed by atoms with Crippen molar-refractivity contribution in [3.8, 4) is 5.75 Å². The van der Waals surface area contributed by atoms with Gasteiger partial charge in [0.1, 0.15) is 5.75 Å². The lowest BCUT2D eigenvalue weighted by atomic mass is 10.0. The van der Waals surface area contributed by atoms with E-state index >= 15 is 0 Å². The van der Waals surface area contributed by atoms with Crippen LogP contribution in [0.4, 0.5) is 0 Å². The van der Waals surface area contributed by atoms with Gasteiger partial charge in [-0.05, 0) is 30.3 Å². The fourth-order valence-electron chi connectivity index (χ4n) is 1.64. The highest BCUT2D eigenvalue weighted by atomic mass is 35.5. The van der Waals surface area contributed by atoms with Crippen LogP contribution in [0.1, 0.15) is 15.9 Å². The van der Waals surface area contributed by atoms with E-state index in [9.17, 15) is 4.79 Å². The van der Waals surface area contributed by atoms with Crippen molar-refractivity contribution in [2.45, 2.75) is 0 Å². The third-order valence-corrected chi connectivity index (χ3v) is 2.96. The maximum absolute atomic E-state index is 12.3. The van der Waals surface area contributed by atoms with E-state index in [4.69, 9.17) is 27.9 Å². The molecule has 0 radical (unpaired) electrons. The van der Waals surface area contributed by atoms with E-state index in [1.54, 1.807) is 42.5 Å². The predicted molar refractivity (Wildman–Crippen MR) is 72.9 cm³/mol. The molecule has 0 fully saturated rings. The van der Waals surface area contributed by atoms with Gasteiger partial charge in [-0.15, -0.1) is 0 Å². The minimum atomic E-state index is -0.170. The molecular weight excluding hydrogens is 271 g/mol. The van der Waals surface area contributed by atoms with Gasteiger partial charge in [-0.1, -0.05) is 35.3 Å². The lowest BCUT2D eigenvalue weighted by molar-refractivity contribution is 0.103. The minimum Gasteiger partial charge on any atom is -0.496 e. The molecule has 18 heavy (non-hydrogen) atoms. The normalized spacial score (nSPS) is 10.2. The number of ether oxygens (including phenoxy) is 1. The molecule has 0 atom stereocenters. The van der Waals surface area contributed by atoms with Gasteiger partial charge in [0.2, 0.25) is 0 Å². The predicted octanol–water partition coefficient (Wildman–Crippen LogP) is 4.23. The fourth-order valence-corrected chi connectivity index (χ4v) is 2.01. The highest BCUT2D eigenvalue weighted by molar-refractivity contribution is 6.32. The molecule has 0 aromatic heterocycles. The van der Waals surface area contributed by atoms with Crippen LogP contribution in [0.2, 0.25) is 10.0 Å². The Morgan fingerprint density at radius 2 is 1.78 bits per heavy atom. The maximum atomic E-state index is 12.3. The number of halogens is 2. The SMILES string of the molecule is COc1ccc(Cl)cc1C(=O)c1cccc(Cl)c1. The van der Waals surface area contributed by atoms with Gasteiger partial charge in [0.05, 0.1) is 12.7 Å². The molecule has 4 heteroatoms. The smallest absolute Gasteiger partial charge is 0.196 e. The number of benzene rings is 2. The van der Waals surface area contributed by atoms with Crippen LogP contribution in [0.15, 0.2) is 42.5 Å². The standard InChI is InChI=1S/C14H10Cl2O2/c1-18-13-6-5-11(16)8-12(13)14(17)9-3-2-4-10(15)7-9/h2-8H,1H3. The fraction of sp³-hybridized carbons (Fsp3) is 0.0714. The van der Waals surface area contributed by atoms with E-state index in [1.807, 2.05) is 0 Å². The van der Waals surface area contributed by atoms with Crippen LogP contribution in [0.5, 0.6) is 5.75 Å². The maximum Gasteiger partial charge on any atom is 0.196 e. The van der Waals surface area contributed by atoms with Crippen LogP contribution in [0.3, 0.4) is 0 Å². The Hall–Kier alpha value is -1.51. The molecule has 0 heterocycles. The third kappa shape index (κ3) is 2.66. The molecule has 0 amide bonds. The number of hydrogen-bond donors (Lipinski definition) is 0. The van der Waals surface area contributed by atoms with Crippen LogP contribution in [0, 0.1) is 0 Å². The first-order valence-electron chi connectivity index (χ1n) is 5.25. The van der Waals surface area contributed by atoms with Gasteiger partial charge in [-0.2, -0.15) is 0 Å². The Labute approximate surface area is 115 Å². The van der Waals surface area contributed by atoms with E-state index in [1.165, 1.54) is 7.11 Å². The first kappa shape index (κ1) is 12.9. The van der Waals surface area contributed by atoms with Crippen LogP contribution >= 0.6 is 23.2 Å². The molecule has 0 spiro atoms. The van der Waals surface area contributed by atoms with Crippen molar-refractivity contribution in [1.82, 2.24) is 0 Å². The van der Waals surface area contributed by atoms with Crippen molar-refractivity contribution in [2.75, 3.05) is 7.11 Å². The van der Waals surface area contributed by atoms with Crippen molar-refractivity contribution >= 4 is 29.0 Å². The summed E-state index contributed by atoms with van der Waals surface area (Å²) in [5.41, 5.74) is 0.926. The summed E-state index contributed by atoms with van der Waals surface area (Å²) in [5.74, 6) is 0.321. The Morgan fingerprint density at radius 1 is 1.06 bits per heavy atom. The van der Waals surface area contributed by atoms with Crippen molar-refractivity contribution in [3.63, 3.8) is 0 Å². The number of carbonyl (C=O) groups excluding carboxylic acids is 1. The summed E-state index contributed by atoms with van der Waals surface area (Å²) in [6.07, 6.45) is 0. The molecule has 0 aliphatic rings. The summed E-state index contributed by atoms with van der Waals surface area (Å²) in [6.45, 7) is 0. The van der Waals surface area contributed by atoms with Gasteiger partial charge in [0, 0.05) is 15.6 Å². The zero-order chi connectivity index (χ0) is 13.1. The average Bonchev–Trinajstić information content (AvgIpc) is 2.38. The summed E-state index contributed by atoms with van der Waals surface area (Å²) in [4.78, 5) is 12.3. The van der Waals surface area contributed by atoms with Crippen molar-refractivity contribution < 1.29 is 9.53 Å². The molecule has 0 aliphatic carbocycles. The first-order chi connectivity index (χ1) is 8.61. The minimum absolute atomic E-state index is 0.170. The van der Waals surface area contributed by atoms with Crippen LogP contribution in [-0.4, -0.2) is 12.9 Å². The van der Waals surface area contributed by atoms with Crippen molar-refractivity contribution in [2.24, 2.45) is 0 Å². The molecule has 2 aromatic carbocycles. The second-order valence-corrected chi connectivity index (χ2v) is 4.56. The monoisotopic (exact) mass is 280 g/mol. The number of methoxy groups -OCH3 is 1. The lowest BCUT2D eigenvalue weighted by Gasteiger charge is -2.08. The van der Waals surface area contributed by atoms with E-state index in [2.05, 4.69) is 0 Å². The molecule has 92 valence electrons. The summed E-state index contributed by atoms with van der Waals surface area (Å²) in [6, 6.07) is 11.7. The Bertz CT molecular complexity index is 594. The van der Waals surface area contributed by atoms with Gasteiger partial charge < -0.3 is 4.74 Å². The lowest BCUT2D eigenvalue weighted by Crippen LogP contribution is -2.03. The molecule has 0 aliphatic heterocycles. The van der Waals surface area contributed by atoms with Crippen molar-refractivity contribution in [3.05, 3.63) is 63.6 Å². The van der Waals surface area contributed by atoms with E-state index in [0.29, 0.717) is 26.9 Å². The Morgan fingerprint density at radius 3 is 2.44 bits per heavy atom. The summed E-state index contributed by atoms with van der Waals surface area (Å²) < 4.78 is 5.16. The molecule has 0 saturated heterocycles. The zero-order valence-electron chi connectivity index (χ0n) is 9.61. The molecule has 0 saturated carbocycles. The molecule has 2 aromatic rings. The molecule has 2 rings (SSSR count). The molecule has 0 N–H and O–H groups in total. The summed E-state index contributed by atoms with van der Waals surface area (Å²) in [7, 11) is 1.51. The van der Waals surface area contributed by atoms with Crippen LogP contribution in [0.25, 0.3) is 0 Å². The highest BCUT2D eigenvalue weighted by Crippen LogP contribution is 2.25.